The molecule has 0 bridgehead atoms. The molecule has 2 aromatic carbocycles. The Bertz CT molecular complexity index is 685. The Kier molecular flexibility index (Phi) is 2.59. The number of benzene rings is 2. The van der Waals surface area contributed by atoms with Crippen LogP contribution in [0.5, 0.6) is 0 Å². The lowest BCUT2D eigenvalue weighted by Crippen LogP contribution is -1.92. The van der Waals surface area contributed by atoms with Gasteiger partial charge < -0.3 is 10.2 Å². The van der Waals surface area contributed by atoms with Crippen molar-refractivity contribution in [3.05, 3.63) is 47.5 Å². The molecule has 2 nitrogen and oxygen atoms in total. The van der Waals surface area contributed by atoms with Crippen LogP contribution in [0.15, 0.2) is 36.4 Å². The predicted molar refractivity (Wildman–Crippen MR) is 71.2 cm³/mol. The first kappa shape index (κ1) is 10.7. The molecular formula is C14H12O2S. The highest BCUT2D eigenvalue weighted by Gasteiger charge is 2.08. The van der Waals surface area contributed by atoms with E-state index in [0.29, 0.717) is 0 Å². The van der Waals surface area contributed by atoms with Crippen LogP contribution in [-0.4, -0.2) is 10.2 Å². The molecule has 0 saturated heterocycles. The first-order valence-corrected chi connectivity index (χ1v) is 6.30. The van der Waals surface area contributed by atoms with E-state index in [-0.39, 0.29) is 13.2 Å². The second-order valence-corrected chi connectivity index (χ2v) is 5.12. The first-order valence-electron chi connectivity index (χ1n) is 5.48. The molecule has 0 fully saturated rings. The average Bonchev–Trinajstić information content (AvgIpc) is 2.74. The molecule has 17 heavy (non-hydrogen) atoms. The second-order valence-electron chi connectivity index (χ2n) is 4.03. The number of hydrogen-bond donors (Lipinski definition) is 2. The summed E-state index contributed by atoms with van der Waals surface area (Å²) in [5.41, 5.74) is 1.62. The molecule has 0 amide bonds. The van der Waals surface area contributed by atoms with Crippen LogP contribution < -0.4 is 0 Å². The number of aliphatic hydroxyl groups excluding tert-OH is 2. The van der Waals surface area contributed by atoms with Gasteiger partial charge in [-0.05, 0) is 29.3 Å². The van der Waals surface area contributed by atoms with E-state index in [1.54, 1.807) is 11.3 Å². The third-order valence-corrected chi connectivity index (χ3v) is 4.17. The van der Waals surface area contributed by atoms with Gasteiger partial charge in [-0.25, -0.2) is 0 Å². The molecule has 3 heteroatoms. The first-order chi connectivity index (χ1) is 8.33. The molecule has 3 aromatic rings. The van der Waals surface area contributed by atoms with Crippen LogP contribution >= 0.6 is 11.3 Å². The van der Waals surface area contributed by atoms with Gasteiger partial charge in [-0.1, -0.05) is 18.2 Å². The van der Waals surface area contributed by atoms with Crippen LogP contribution in [0.3, 0.4) is 0 Å². The summed E-state index contributed by atoms with van der Waals surface area (Å²) in [7, 11) is 0. The lowest BCUT2D eigenvalue weighted by molar-refractivity contribution is 0.260. The third kappa shape index (κ3) is 1.63. The van der Waals surface area contributed by atoms with Crippen LogP contribution in [0, 0.1) is 0 Å². The van der Waals surface area contributed by atoms with E-state index in [1.807, 2.05) is 24.3 Å². The lowest BCUT2D eigenvalue weighted by Gasteiger charge is -2.04. The fourth-order valence-electron chi connectivity index (χ4n) is 2.15. The average molecular weight is 244 g/mol. The van der Waals surface area contributed by atoms with Crippen molar-refractivity contribution in [2.24, 2.45) is 0 Å². The third-order valence-electron chi connectivity index (χ3n) is 3.04. The SMILES string of the molecule is OCc1cc2sc3ccccc3c2cc1CO. The number of thiophene rings is 1. The fraction of sp³-hybridized carbons (Fsp3) is 0.143. The van der Waals surface area contributed by atoms with Gasteiger partial charge in [-0.3, -0.25) is 0 Å². The van der Waals surface area contributed by atoms with Gasteiger partial charge in [0.15, 0.2) is 0 Å². The minimum absolute atomic E-state index is 0.0277. The van der Waals surface area contributed by atoms with Crippen molar-refractivity contribution in [3.8, 4) is 0 Å². The van der Waals surface area contributed by atoms with Crippen molar-refractivity contribution in [1.29, 1.82) is 0 Å². The van der Waals surface area contributed by atoms with E-state index in [0.717, 1.165) is 21.2 Å². The molecule has 3 rings (SSSR count). The molecule has 0 aliphatic carbocycles. The van der Waals surface area contributed by atoms with Crippen molar-refractivity contribution in [1.82, 2.24) is 0 Å². The molecule has 0 aliphatic rings. The summed E-state index contributed by atoms with van der Waals surface area (Å²) in [5.74, 6) is 0. The highest BCUT2D eigenvalue weighted by atomic mass is 32.1. The normalized spacial score (nSPS) is 11.4. The Morgan fingerprint density at radius 3 is 2.29 bits per heavy atom. The van der Waals surface area contributed by atoms with E-state index < -0.39 is 0 Å². The predicted octanol–water partition coefficient (Wildman–Crippen LogP) is 3.04. The molecule has 0 atom stereocenters. The van der Waals surface area contributed by atoms with Gasteiger partial charge in [0, 0.05) is 20.2 Å². The molecule has 1 heterocycles. The Morgan fingerprint density at radius 1 is 0.824 bits per heavy atom. The van der Waals surface area contributed by atoms with E-state index in [1.165, 1.54) is 10.1 Å². The molecule has 0 aliphatic heterocycles. The number of aliphatic hydroxyl groups is 2. The topological polar surface area (TPSA) is 40.5 Å². The van der Waals surface area contributed by atoms with Gasteiger partial charge in [-0.15, -0.1) is 11.3 Å². The summed E-state index contributed by atoms with van der Waals surface area (Å²) in [6, 6.07) is 12.2. The molecule has 0 unspecified atom stereocenters. The zero-order valence-electron chi connectivity index (χ0n) is 9.18. The summed E-state index contributed by atoms with van der Waals surface area (Å²) >= 11 is 1.72. The van der Waals surface area contributed by atoms with E-state index in [9.17, 15) is 10.2 Å². The molecule has 0 saturated carbocycles. The monoisotopic (exact) mass is 244 g/mol. The van der Waals surface area contributed by atoms with Gasteiger partial charge >= 0.3 is 0 Å². The summed E-state index contributed by atoms with van der Waals surface area (Å²) in [4.78, 5) is 0. The highest BCUT2D eigenvalue weighted by molar-refractivity contribution is 7.25. The summed E-state index contributed by atoms with van der Waals surface area (Å²) in [6.45, 7) is -0.0594. The Hall–Kier alpha value is -1.42. The Morgan fingerprint density at radius 2 is 1.53 bits per heavy atom. The van der Waals surface area contributed by atoms with E-state index in [4.69, 9.17) is 0 Å². The second kappa shape index (κ2) is 4.11. The van der Waals surface area contributed by atoms with Crippen LogP contribution in [0.2, 0.25) is 0 Å². The van der Waals surface area contributed by atoms with Gasteiger partial charge in [0.1, 0.15) is 0 Å². The Labute approximate surface area is 103 Å². The van der Waals surface area contributed by atoms with Crippen LogP contribution in [0.25, 0.3) is 20.2 Å². The largest absolute Gasteiger partial charge is 0.392 e. The molecule has 0 spiro atoms. The van der Waals surface area contributed by atoms with Crippen molar-refractivity contribution < 1.29 is 10.2 Å². The molecule has 1 aromatic heterocycles. The van der Waals surface area contributed by atoms with E-state index in [2.05, 4.69) is 12.1 Å². The number of fused-ring (bicyclic) bond motifs is 3. The van der Waals surface area contributed by atoms with Crippen molar-refractivity contribution >= 4 is 31.5 Å². The van der Waals surface area contributed by atoms with Crippen LogP contribution in [0.1, 0.15) is 11.1 Å². The van der Waals surface area contributed by atoms with Crippen molar-refractivity contribution in [2.75, 3.05) is 0 Å². The van der Waals surface area contributed by atoms with Crippen molar-refractivity contribution in [2.45, 2.75) is 13.2 Å². The maximum atomic E-state index is 9.31. The highest BCUT2D eigenvalue weighted by Crippen LogP contribution is 2.35. The standard InChI is InChI=1S/C14H12O2S/c15-7-9-5-12-11-3-1-2-4-13(11)17-14(12)6-10(9)8-16/h1-6,15-16H,7-8H2. The summed E-state index contributed by atoms with van der Waals surface area (Å²) in [6.07, 6.45) is 0. The maximum Gasteiger partial charge on any atom is 0.0685 e. The fourth-order valence-corrected chi connectivity index (χ4v) is 3.30. The molecule has 86 valence electrons. The quantitative estimate of drug-likeness (QED) is 0.727. The molecular weight excluding hydrogens is 232 g/mol. The van der Waals surface area contributed by atoms with Crippen LogP contribution in [-0.2, 0) is 13.2 Å². The summed E-state index contributed by atoms with van der Waals surface area (Å²) in [5, 5.41) is 21.0. The van der Waals surface area contributed by atoms with Gasteiger partial charge in [0.25, 0.3) is 0 Å². The molecule has 2 N–H and O–H groups in total. The van der Waals surface area contributed by atoms with Crippen LogP contribution in [0.4, 0.5) is 0 Å². The van der Waals surface area contributed by atoms with Crippen molar-refractivity contribution in [3.63, 3.8) is 0 Å². The maximum absolute atomic E-state index is 9.31. The molecule has 0 radical (unpaired) electrons. The lowest BCUT2D eigenvalue weighted by atomic mass is 10.0. The van der Waals surface area contributed by atoms with Gasteiger partial charge in [-0.2, -0.15) is 0 Å². The number of rotatable bonds is 2. The smallest absolute Gasteiger partial charge is 0.0685 e. The minimum Gasteiger partial charge on any atom is -0.392 e. The summed E-state index contributed by atoms with van der Waals surface area (Å²) < 4.78 is 2.40. The Balaban J connectivity index is 2.41. The van der Waals surface area contributed by atoms with E-state index >= 15 is 0 Å². The minimum atomic E-state index is -0.0317. The van der Waals surface area contributed by atoms with Gasteiger partial charge in [0.2, 0.25) is 0 Å². The zero-order chi connectivity index (χ0) is 11.8. The zero-order valence-corrected chi connectivity index (χ0v) is 10.00. The van der Waals surface area contributed by atoms with Gasteiger partial charge in [0.05, 0.1) is 13.2 Å². The number of hydrogen-bond acceptors (Lipinski definition) is 3.